The van der Waals surface area contributed by atoms with Crippen LogP contribution in [0.2, 0.25) is 5.02 Å². The van der Waals surface area contributed by atoms with Gasteiger partial charge in [-0.2, -0.15) is 0 Å². The standard InChI is InChI=1S/C13H19ClN2O2/c1-10(11-5-3-4-6-12(11)14)16-9-13(17)15-7-8-18-2/h3-6,10,16H,7-9H2,1-2H3,(H,15,17)/t10-/m1/s1. The summed E-state index contributed by atoms with van der Waals surface area (Å²) < 4.78 is 4.85. The third-order valence-electron chi connectivity index (χ3n) is 2.57. The van der Waals surface area contributed by atoms with Gasteiger partial charge in [-0.3, -0.25) is 4.79 Å². The first-order chi connectivity index (χ1) is 8.65. The smallest absolute Gasteiger partial charge is 0.234 e. The van der Waals surface area contributed by atoms with Crippen LogP contribution in [0, 0.1) is 0 Å². The largest absolute Gasteiger partial charge is 0.383 e. The molecule has 0 saturated heterocycles. The molecule has 0 aliphatic rings. The number of nitrogens with one attached hydrogen (secondary N) is 2. The van der Waals surface area contributed by atoms with Crippen molar-refractivity contribution in [1.82, 2.24) is 10.6 Å². The van der Waals surface area contributed by atoms with Crippen molar-refractivity contribution in [3.63, 3.8) is 0 Å². The number of benzene rings is 1. The van der Waals surface area contributed by atoms with Crippen LogP contribution in [0.5, 0.6) is 0 Å². The van der Waals surface area contributed by atoms with Crippen LogP contribution >= 0.6 is 11.6 Å². The molecular weight excluding hydrogens is 252 g/mol. The molecule has 0 aliphatic carbocycles. The van der Waals surface area contributed by atoms with E-state index < -0.39 is 0 Å². The number of ether oxygens (including phenoxy) is 1. The van der Waals surface area contributed by atoms with Gasteiger partial charge in [0.2, 0.25) is 5.91 Å². The predicted octanol–water partition coefficient (Wildman–Crippen LogP) is 1.75. The maximum Gasteiger partial charge on any atom is 0.234 e. The van der Waals surface area contributed by atoms with Crippen LogP contribution < -0.4 is 10.6 Å². The van der Waals surface area contributed by atoms with Crippen molar-refractivity contribution in [2.45, 2.75) is 13.0 Å². The Hall–Kier alpha value is -1.10. The molecule has 1 aromatic carbocycles. The Labute approximate surface area is 113 Å². The zero-order valence-corrected chi connectivity index (χ0v) is 11.5. The van der Waals surface area contributed by atoms with Gasteiger partial charge in [0.1, 0.15) is 0 Å². The van der Waals surface area contributed by atoms with E-state index in [-0.39, 0.29) is 18.5 Å². The van der Waals surface area contributed by atoms with Crippen LogP contribution in [0.3, 0.4) is 0 Å². The Bertz CT molecular complexity index is 385. The number of carbonyl (C=O) groups excluding carboxylic acids is 1. The molecule has 0 unspecified atom stereocenters. The summed E-state index contributed by atoms with van der Waals surface area (Å²) >= 11 is 6.08. The Morgan fingerprint density at radius 1 is 1.44 bits per heavy atom. The molecule has 1 aromatic rings. The van der Waals surface area contributed by atoms with E-state index in [1.807, 2.05) is 31.2 Å². The number of amides is 1. The number of hydrogen-bond acceptors (Lipinski definition) is 3. The van der Waals surface area contributed by atoms with Gasteiger partial charge >= 0.3 is 0 Å². The number of methoxy groups -OCH3 is 1. The summed E-state index contributed by atoms with van der Waals surface area (Å²) in [6.07, 6.45) is 0. The van der Waals surface area contributed by atoms with Gasteiger partial charge in [-0.05, 0) is 18.6 Å². The molecule has 0 aliphatic heterocycles. The zero-order valence-electron chi connectivity index (χ0n) is 10.7. The zero-order chi connectivity index (χ0) is 13.4. The van der Waals surface area contributed by atoms with Gasteiger partial charge < -0.3 is 15.4 Å². The Balaban J connectivity index is 2.35. The summed E-state index contributed by atoms with van der Waals surface area (Å²) in [5.41, 5.74) is 0.990. The molecule has 18 heavy (non-hydrogen) atoms. The molecule has 0 radical (unpaired) electrons. The highest BCUT2D eigenvalue weighted by atomic mass is 35.5. The van der Waals surface area contributed by atoms with Gasteiger partial charge in [-0.1, -0.05) is 29.8 Å². The third-order valence-corrected chi connectivity index (χ3v) is 2.91. The second-order valence-electron chi connectivity index (χ2n) is 3.97. The van der Waals surface area contributed by atoms with Crippen LogP contribution in [0.15, 0.2) is 24.3 Å². The lowest BCUT2D eigenvalue weighted by molar-refractivity contribution is -0.120. The predicted molar refractivity (Wildman–Crippen MR) is 72.8 cm³/mol. The third kappa shape index (κ3) is 5.04. The van der Waals surface area contributed by atoms with Crippen molar-refractivity contribution in [2.24, 2.45) is 0 Å². The second kappa shape index (κ2) is 8.08. The van der Waals surface area contributed by atoms with Crippen LogP contribution in [0.1, 0.15) is 18.5 Å². The lowest BCUT2D eigenvalue weighted by Crippen LogP contribution is -2.36. The van der Waals surface area contributed by atoms with Crippen LogP contribution in [0.25, 0.3) is 0 Å². The minimum absolute atomic E-state index is 0.0341. The SMILES string of the molecule is COCCNC(=O)CN[C@H](C)c1ccccc1Cl. The van der Waals surface area contributed by atoms with E-state index in [0.29, 0.717) is 18.2 Å². The quantitative estimate of drug-likeness (QED) is 0.743. The molecule has 0 saturated carbocycles. The highest BCUT2D eigenvalue weighted by Gasteiger charge is 2.09. The highest BCUT2D eigenvalue weighted by Crippen LogP contribution is 2.21. The topological polar surface area (TPSA) is 50.4 Å². The number of rotatable bonds is 7. The maximum atomic E-state index is 11.5. The fourth-order valence-corrected chi connectivity index (χ4v) is 1.84. The molecule has 1 atom stereocenters. The number of halogens is 1. The second-order valence-corrected chi connectivity index (χ2v) is 4.37. The van der Waals surface area contributed by atoms with Gasteiger partial charge in [0.25, 0.3) is 0 Å². The summed E-state index contributed by atoms with van der Waals surface area (Å²) in [6, 6.07) is 7.64. The molecule has 1 amide bonds. The van der Waals surface area contributed by atoms with Crippen molar-refractivity contribution in [3.8, 4) is 0 Å². The Morgan fingerprint density at radius 2 is 2.17 bits per heavy atom. The van der Waals surface area contributed by atoms with Crippen molar-refractivity contribution in [2.75, 3.05) is 26.8 Å². The van der Waals surface area contributed by atoms with E-state index in [1.54, 1.807) is 7.11 Å². The van der Waals surface area contributed by atoms with Gasteiger partial charge in [-0.15, -0.1) is 0 Å². The van der Waals surface area contributed by atoms with E-state index >= 15 is 0 Å². The summed E-state index contributed by atoms with van der Waals surface area (Å²) in [6.45, 7) is 3.28. The molecular formula is C13H19ClN2O2. The van der Waals surface area contributed by atoms with Crippen LogP contribution in [0.4, 0.5) is 0 Å². The molecule has 100 valence electrons. The first kappa shape index (κ1) is 15.0. The number of carbonyl (C=O) groups is 1. The lowest BCUT2D eigenvalue weighted by Gasteiger charge is -2.15. The molecule has 0 heterocycles. The highest BCUT2D eigenvalue weighted by molar-refractivity contribution is 6.31. The van der Waals surface area contributed by atoms with E-state index in [0.717, 1.165) is 5.56 Å². The van der Waals surface area contributed by atoms with Crippen molar-refractivity contribution in [3.05, 3.63) is 34.9 Å². The molecule has 0 bridgehead atoms. The van der Waals surface area contributed by atoms with Crippen LogP contribution in [-0.2, 0) is 9.53 Å². The molecule has 5 heteroatoms. The Kier molecular flexibility index (Phi) is 6.72. The van der Waals surface area contributed by atoms with E-state index in [9.17, 15) is 4.79 Å². The van der Waals surface area contributed by atoms with Gasteiger partial charge in [0, 0.05) is 24.7 Å². The van der Waals surface area contributed by atoms with Gasteiger partial charge in [-0.25, -0.2) is 0 Å². The first-order valence-electron chi connectivity index (χ1n) is 5.88. The monoisotopic (exact) mass is 270 g/mol. The normalized spacial score (nSPS) is 12.2. The van der Waals surface area contributed by atoms with E-state index in [2.05, 4.69) is 10.6 Å². The molecule has 2 N–H and O–H groups in total. The minimum atomic E-state index is -0.0500. The fourth-order valence-electron chi connectivity index (χ4n) is 1.54. The van der Waals surface area contributed by atoms with Gasteiger partial charge in [0.15, 0.2) is 0 Å². The van der Waals surface area contributed by atoms with Crippen molar-refractivity contribution in [1.29, 1.82) is 0 Å². The van der Waals surface area contributed by atoms with Gasteiger partial charge in [0.05, 0.1) is 13.2 Å². The fraction of sp³-hybridized carbons (Fsp3) is 0.462. The van der Waals surface area contributed by atoms with Crippen molar-refractivity contribution < 1.29 is 9.53 Å². The van der Waals surface area contributed by atoms with Crippen LogP contribution in [-0.4, -0.2) is 32.7 Å². The molecule has 1 rings (SSSR count). The molecule has 0 fully saturated rings. The number of hydrogen-bond donors (Lipinski definition) is 2. The summed E-state index contributed by atoms with van der Waals surface area (Å²) in [5, 5.41) is 6.58. The summed E-state index contributed by atoms with van der Waals surface area (Å²) in [5.74, 6) is -0.0500. The molecule has 0 spiro atoms. The summed E-state index contributed by atoms with van der Waals surface area (Å²) in [4.78, 5) is 11.5. The molecule has 0 aromatic heterocycles. The average Bonchev–Trinajstić information content (AvgIpc) is 2.37. The maximum absolute atomic E-state index is 11.5. The first-order valence-corrected chi connectivity index (χ1v) is 6.26. The Morgan fingerprint density at radius 3 is 2.83 bits per heavy atom. The van der Waals surface area contributed by atoms with E-state index in [4.69, 9.17) is 16.3 Å². The average molecular weight is 271 g/mol. The molecule has 4 nitrogen and oxygen atoms in total. The van der Waals surface area contributed by atoms with Crippen molar-refractivity contribution >= 4 is 17.5 Å². The minimum Gasteiger partial charge on any atom is -0.383 e. The summed E-state index contributed by atoms with van der Waals surface area (Å²) in [7, 11) is 1.60. The lowest BCUT2D eigenvalue weighted by atomic mass is 10.1. The van der Waals surface area contributed by atoms with E-state index in [1.165, 1.54) is 0 Å².